The summed E-state index contributed by atoms with van der Waals surface area (Å²) in [6.07, 6.45) is 8.14. The van der Waals surface area contributed by atoms with E-state index in [9.17, 15) is 4.79 Å². The van der Waals surface area contributed by atoms with Crippen molar-refractivity contribution in [2.45, 2.75) is 39.3 Å². The third kappa shape index (κ3) is 7.20. The van der Waals surface area contributed by atoms with Crippen LogP contribution in [0.4, 0.5) is 0 Å². The molecule has 1 N–H and O–H groups in total. The molecular formula is C27H32N2O3. The molecule has 32 heavy (non-hydrogen) atoms. The van der Waals surface area contributed by atoms with Gasteiger partial charge in [0.05, 0.1) is 0 Å². The highest BCUT2D eigenvalue weighted by Gasteiger charge is 2.14. The fourth-order valence-corrected chi connectivity index (χ4v) is 3.71. The number of carbonyl (C=O) groups is 1. The molecule has 0 heterocycles. The molecule has 0 saturated heterocycles. The first-order valence-corrected chi connectivity index (χ1v) is 11.0. The van der Waals surface area contributed by atoms with Crippen molar-refractivity contribution in [2.75, 3.05) is 13.7 Å². The molecule has 0 bridgehead atoms. The number of hydrogen-bond donors (Lipinski definition) is 1. The maximum atomic E-state index is 11.3. The highest BCUT2D eigenvalue weighted by atomic mass is 16.6. The van der Waals surface area contributed by atoms with Crippen molar-refractivity contribution in [3.8, 4) is 5.75 Å². The normalized spacial score (nSPS) is 16.9. The van der Waals surface area contributed by atoms with Crippen LogP contribution in [0.1, 0.15) is 37.8 Å². The lowest BCUT2D eigenvalue weighted by molar-refractivity contribution is -0.117. The van der Waals surface area contributed by atoms with E-state index in [4.69, 9.17) is 9.57 Å². The second-order valence-electron chi connectivity index (χ2n) is 8.11. The summed E-state index contributed by atoms with van der Waals surface area (Å²) in [6, 6.07) is 18.3. The van der Waals surface area contributed by atoms with Crippen LogP contribution < -0.4 is 10.1 Å². The molecule has 2 atom stereocenters. The Morgan fingerprint density at radius 2 is 1.91 bits per heavy atom. The van der Waals surface area contributed by atoms with E-state index < -0.39 is 0 Å². The summed E-state index contributed by atoms with van der Waals surface area (Å²) in [7, 11) is 1.54. The number of carbonyl (C=O) groups excluding carboxylic acids is 1. The summed E-state index contributed by atoms with van der Waals surface area (Å²) in [6.45, 7) is 4.87. The van der Waals surface area contributed by atoms with Gasteiger partial charge in [-0.15, -0.1) is 0 Å². The second kappa shape index (κ2) is 12.0. The van der Waals surface area contributed by atoms with Crippen LogP contribution in [0.3, 0.4) is 0 Å². The van der Waals surface area contributed by atoms with E-state index in [1.54, 1.807) is 6.92 Å². The van der Waals surface area contributed by atoms with Crippen LogP contribution in [0.5, 0.6) is 5.75 Å². The van der Waals surface area contributed by atoms with Crippen LogP contribution in [-0.2, 0) is 16.2 Å². The Balaban J connectivity index is 1.46. The van der Waals surface area contributed by atoms with Gasteiger partial charge in [0, 0.05) is 24.6 Å². The highest BCUT2D eigenvalue weighted by molar-refractivity contribution is 6.01. The molecule has 2 aromatic rings. The van der Waals surface area contributed by atoms with Gasteiger partial charge in [-0.05, 0) is 42.5 Å². The summed E-state index contributed by atoms with van der Waals surface area (Å²) in [4.78, 5) is 16.3. The first-order valence-electron chi connectivity index (χ1n) is 11.0. The summed E-state index contributed by atoms with van der Waals surface area (Å²) in [5.74, 6) is 1.31. The van der Waals surface area contributed by atoms with Crippen molar-refractivity contribution in [1.29, 1.82) is 0 Å². The van der Waals surface area contributed by atoms with Crippen LogP contribution >= 0.6 is 0 Å². The van der Waals surface area contributed by atoms with Crippen molar-refractivity contribution < 1.29 is 14.4 Å². The molecule has 1 aliphatic rings. The highest BCUT2D eigenvalue weighted by Crippen LogP contribution is 2.22. The smallest absolute Gasteiger partial charge is 0.134 e. The Kier molecular flexibility index (Phi) is 8.81. The zero-order valence-electron chi connectivity index (χ0n) is 19.1. The van der Waals surface area contributed by atoms with Gasteiger partial charge in [0.25, 0.3) is 0 Å². The number of ketones is 1. The molecule has 5 heteroatoms. The average molecular weight is 433 g/mol. The van der Waals surface area contributed by atoms with Gasteiger partial charge in [0.2, 0.25) is 0 Å². The topological polar surface area (TPSA) is 59.9 Å². The fraction of sp³-hybridized carbons (Fsp3) is 0.333. The Bertz CT molecular complexity index is 962. The van der Waals surface area contributed by atoms with Gasteiger partial charge in [-0.25, -0.2) is 0 Å². The van der Waals surface area contributed by atoms with E-state index in [1.807, 2.05) is 42.5 Å². The quantitative estimate of drug-likeness (QED) is 0.398. The minimum absolute atomic E-state index is 0.238. The zero-order chi connectivity index (χ0) is 22.8. The van der Waals surface area contributed by atoms with Gasteiger partial charge >= 0.3 is 0 Å². The first kappa shape index (κ1) is 23.5. The molecule has 2 unspecified atom stereocenters. The Labute approximate surface area is 190 Å². The van der Waals surface area contributed by atoms with Crippen LogP contribution in [0, 0.1) is 5.92 Å². The SMILES string of the molecule is CON=C(COc1ccc(CNC2C=CC(C(C)CC(C)=O)=CC2)cc1)c1ccccc1. The number of nitrogens with zero attached hydrogens (tertiary/aromatic N) is 1. The molecule has 0 saturated carbocycles. The number of benzene rings is 2. The van der Waals surface area contributed by atoms with Gasteiger partial charge in [-0.1, -0.05) is 72.8 Å². The Hall–Kier alpha value is -3.18. The molecule has 168 valence electrons. The fourth-order valence-electron chi connectivity index (χ4n) is 3.71. The molecule has 0 fully saturated rings. The van der Waals surface area contributed by atoms with Crippen molar-refractivity contribution in [3.05, 3.63) is 89.5 Å². The van der Waals surface area contributed by atoms with Gasteiger partial charge < -0.3 is 19.7 Å². The lowest BCUT2D eigenvalue weighted by atomic mass is 9.90. The van der Waals surface area contributed by atoms with E-state index in [0.717, 1.165) is 30.0 Å². The molecule has 0 amide bonds. The number of allylic oxidation sites excluding steroid dienone is 2. The van der Waals surface area contributed by atoms with Crippen LogP contribution in [-0.4, -0.2) is 31.3 Å². The van der Waals surface area contributed by atoms with Crippen molar-refractivity contribution in [2.24, 2.45) is 11.1 Å². The summed E-state index contributed by atoms with van der Waals surface area (Å²) in [5, 5.41) is 7.66. The maximum Gasteiger partial charge on any atom is 0.134 e. The molecule has 0 radical (unpaired) electrons. The largest absolute Gasteiger partial charge is 0.487 e. The van der Waals surface area contributed by atoms with Crippen molar-refractivity contribution in [3.63, 3.8) is 0 Å². The van der Waals surface area contributed by atoms with Crippen molar-refractivity contribution >= 4 is 11.5 Å². The first-order chi connectivity index (χ1) is 15.5. The summed E-state index contributed by atoms with van der Waals surface area (Å²) < 4.78 is 5.91. The molecule has 1 aliphatic carbocycles. The van der Waals surface area contributed by atoms with E-state index in [2.05, 4.69) is 47.8 Å². The molecule has 2 aromatic carbocycles. The Morgan fingerprint density at radius 1 is 1.16 bits per heavy atom. The van der Waals surface area contributed by atoms with E-state index in [-0.39, 0.29) is 11.7 Å². The number of ether oxygens (including phenoxy) is 1. The summed E-state index contributed by atoms with van der Waals surface area (Å²) in [5.41, 5.74) is 4.17. The number of hydrogen-bond acceptors (Lipinski definition) is 5. The van der Waals surface area contributed by atoms with E-state index in [0.29, 0.717) is 19.1 Å². The molecule has 0 spiro atoms. The minimum atomic E-state index is 0.238. The van der Waals surface area contributed by atoms with Gasteiger partial charge in [-0.3, -0.25) is 0 Å². The van der Waals surface area contributed by atoms with E-state index >= 15 is 0 Å². The average Bonchev–Trinajstić information content (AvgIpc) is 2.81. The maximum absolute atomic E-state index is 11.3. The third-order valence-corrected chi connectivity index (χ3v) is 5.47. The molecule has 0 aliphatic heterocycles. The van der Waals surface area contributed by atoms with Crippen LogP contribution in [0.15, 0.2) is 83.6 Å². The predicted molar refractivity (Wildman–Crippen MR) is 129 cm³/mol. The van der Waals surface area contributed by atoms with Crippen molar-refractivity contribution in [1.82, 2.24) is 5.32 Å². The van der Waals surface area contributed by atoms with E-state index in [1.165, 1.54) is 18.2 Å². The van der Waals surface area contributed by atoms with Crippen LogP contribution in [0.25, 0.3) is 0 Å². The molecule has 5 nitrogen and oxygen atoms in total. The third-order valence-electron chi connectivity index (χ3n) is 5.47. The summed E-state index contributed by atoms with van der Waals surface area (Å²) >= 11 is 0. The zero-order valence-corrected chi connectivity index (χ0v) is 19.1. The van der Waals surface area contributed by atoms with Gasteiger partial charge in [0.1, 0.15) is 31.0 Å². The standard InChI is InChI=1S/C27H32N2O3/c1-20(17-21(2)30)23-11-13-25(14-12-23)28-18-22-9-15-26(16-10-22)32-19-27(29-31-3)24-7-5-4-6-8-24/h4-13,15-16,20,25,28H,14,17-19H2,1-3H3. The minimum Gasteiger partial charge on any atom is -0.487 e. The number of Topliss-reactive ketones (excluding diaryl/α,β-unsaturated/α-hetero) is 1. The number of nitrogens with one attached hydrogen (secondary N) is 1. The Morgan fingerprint density at radius 3 is 2.53 bits per heavy atom. The van der Waals surface area contributed by atoms with Gasteiger partial charge in [0.15, 0.2) is 0 Å². The molecular weight excluding hydrogens is 400 g/mol. The number of oxime groups is 1. The number of rotatable bonds is 11. The lowest BCUT2D eigenvalue weighted by Gasteiger charge is -2.20. The predicted octanol–water partition coefficient (Wildman–Crippen LogP) is 5.08. The molecule has 0 aromatic heterocycles. The molecule has 3 rings (SSSR count). The van der Waals surface area contributed by atoms with Gasteiger partial charge in [-0.2, -0.15) is 0 Å². The second-order valence-corrected chi connectivity index (χ2v) is 8.11. The monoisotopic (exact) mass is 432 g/mol. The lowest BCUT2D eigenvalue weighted by Crippen LogP contribution is -2.27. The van der Waals surface area contributed by atoms with Crippen LogP contribution in [0.2, 0.25) is 0 Å².